The molecule has 1 amide bonds. The van der Waals surface area contributed by atoms with Crippen molar-refractivity contribution in [3.05, 3.63) is 64.5 Å². The number of anilines is 1. The molecule has 0 saturated carbocycles. The summed E-state index contributed by atoms with van der Waals surface area (Å²) in [7, 11) is 0. The SMILES string of the molecule is CCC(Oc1ccccc1)C(=O)Nc1nc(-c2ccc(Br)cc2)cs1. The number of hydrogen-bond donors (Lipinski definition) is 1. The first kappa shape index (κ1) is 17.6. The third-order valence-electron chi connectivity index (χ3n) is 3.56. The maximum Gasteiger partial charge on any atom is 0.267 e. The molecule has 128 valence electrons. The Kier molecular flexibility index (Phi) is 5.83. The largest absolute Gasteiger partial charge is 0.481 e. The molecule has 3 rings (SSSR count). The molecule has 25 heavy (non-hydrogen) atoms. The third kappa shape index (κ3) is 4.67. The number of aromatic nitrogens is 1. The molecule has 4 nitrogen and oxygen atoms in total. The predicted molar refractivity (Wildman–Crippen MR) is 105 cm³/mol. The average Bonchev–Trinajstić information content (AvgIpc) is 3.09. The molecule has 0 radical (unpaired) electrons. The first-order valence-electron chi connectivity index (χ1n) is 7.89. The average molecular weight is 417 g/mol. The number of nitrogens with zero attached hydrogens (tertiary/aromatic N) is 1. The summed E-state index contributed by atoms with van der Waals surface area (Å²) in [5, 5.41) is 5.34. The van der Waals surface area contributed by atoms with Crippen molar-refractivity contribution in [1.29, 1.82) is 0 Å². The van der Waals surface area contributed by atoms with E-state index < -0.39 is 6.10 Å². The summed E-state index contributed by atoms with van der Waals surface area (Å²) in [5.74, 6) is 0.488. The van der Waals surface area contributed by atoms with Crippen LogP contribution in [0.5, 0.6) is 5.75 Å². The van der Waals surface area contributed by atoms with Crippen LogP contribution in [0.25, 0.3) is 11.3 Å². The number of carbonyl (C=O) groups is 1. The molecule has 0 fully saturated rings. The van der Waals surface area contributed by atoms with Gasteiger partial charge < -0.3 is 4.74 Å². The molecule has 0 aliphatic carbocycles. The van der Waals surface area contributed by atoms with Gasteiger partial charge in [0.05, 0.1) is 5.69 Å². The molecular formula is C19H17BrN2O2S. The van der Waals surface area contributed by atoms with E-state index in [4.69, 9.17) is 4.74 Å². The summed E-state index contributed by atoms with van der Waals surface area (Å²) in [6.45, 7) is 1.92. The van der Waals surface area contributed by atoms with Gasteiger partial charge in [-0.1, -0.05) is 53.2 Å². The highest BCUT2D eigenvalue weighted by Gasteiger charge is 2.19. The van der Waals surface area contributed by atoms with Gasteiger partial charge in [-0.3, -0.25) is 10.1 Å². The van der Waals surface area contributed by atoms with Crippen LogP contribution >= 0.6 is 27.3 Å². The van der Waals surface area contributed by atoms with Crippen molar-refractivity contribution >= 4 is 38.3 Å². The van der Waals surface area contributed by atoms with E-state index in [1.165, 1.54) is 11.3 Å². The summed E-state index contributed by atoms with van der Waals surface area (Å²) < 4.78 is 6.78. The Bertz CT molecular complexity index is 834. The minimum Gasteiger partial charge on any atom is -0.481 e. The lowest BCUT2D eigenvalue weighted by Crippen LogP contribution is -2.32. The fourth-order valence-corrected chi connectivity index (χ4v) is 3.24. The smallest absolute Gasteiger partial charge is 0.267 e. The Balaban J connectivity index is 1.67. The quantitative estimate of drug-likeness (QED) is 0.587. The Hall–Kier alpha value is -2.18. The fourth-order valence-electron chi connectivity index (χ4n) is 2.26. The van der Waals surface area contributed by atoms with E-state index in [1.54, 1.807) is 0 Å². The van der Waals surface area contributed by atoms with Gasteiger partial charge in [0.1, 0.15) is 5.75 Å². The Morgan fingerprint density at radius 1 is 1.20 bits per heavy atom. The lowest BCUT2D eigenvalue weighted by molar-refractivity contribution is -0.122. The van der Waals surface area contributed by atoms with Crippen LogP contribution in [0.1, 0.15) is 13.3 Å². The molecule has 3 aromatic rings. The van der Waals surface area contributed by atoms with Crippen molar-refractivity contribution in [2.24, 2.45) is 0 Å². The van der Waals surface area contributed by atoms with Crippen molar-refractivity contribution in [1.82, 2.24) is 4.98 Å². The van der Waals surface area contributed by atoms with E-state index in [9.17, 15) is 4.79 Å². The molecule has 6 heteroatoms. The zero-order chi connectivity index (χ0) is 17.6. The second-order valence-corrected chi connectivity index (χ2v) is 7.14. The lowest BCUT2D eigenvalue weighted by Gasteiger charge is -2.16. The number of ether oxygens (including phenoxy) is 1. The van der Waals surface area contributed by atoms with Crippen molar-refractivity contribution in [2.45, 2.75) is 19.4 Å². The standard InChI is InChI=1S/C19H17BrN2O2S/c1-2-17(24-15-6-4-3-5-7-15)18(23)22-19-21-16(12-25-19)13-8-10-14(20)11-9-13/h3-12,17H,2H2,1H3,(H,21,22,23). The molecule has 1 atom stereocenters. The third-order valence-corrected chi connectivity index (χ3v) is 4.85. The van der Waals surface area contributed by atoms with E-state index in [-0.39, 0.29) is 5.91 Å². The zero-order valence-electron chi connectivity index (χ0n) is 13.6. The number of halogens is 1. The van der Waals surface area contributed by atoms with Gasteiger partial charge in [0.25, 0.3) is 5.91 Å². The van der Waals surface area contributed by atoms with Crippen LogP contribution in [0.3, 0.4) is 0 Å². The van der Waals surface area contributed by atoms with Gasteiger partial charge in [0.2, 0.25) is 0 Å². The van der Waals surface area contributed by atoms with Crippen LogP contribution in [-0.4, -0.2) is 17.0 Å². The number of hydrogen-bond acceptors (Lipinski definition) is 4. The van der Waals surface area contributed by atoms with E-state index in [2.05, 4.69) is 26.2 Å². The highest BCUT2D eigenvalue weighted by atomic mass is 79.9. The topological polar surface area (TPSA) is 51.2 Å². The fraction of sp³-hybridized carbons (Fsp3) is 0.158. The molecular weight excluding hydrogens is 400 g/mol. The second kappa shape index (κ2) is 8.27. The zero-order valence-corrected chi connectivity index (χ0v) is 16.0. The number of carbonyl (C=O) groups excluding carboxylic acids is 1. The first-order valence-corrected chi connectivity index (χ1v) is 9.57. The molecule has 1 N–H and O–H groups in total. The second-order valence-electron chi connectivity index (χ2n) is 5.36. The molecule has 0 saturated heterocycles. The Morgan fingerprint density at radius 3 is 2.60 bits per heavy atom. The highest BCUT2D eigenvalue weighted by Crippen LogP contribution is 2.26. The maximum atomic E-state index is 12.5. The van der Waals surface area contributed by atoms with Gasteiger partial charge in [-0.25, -0.2) is 4.98 Å². The van der Waals surface area contributed by atoms with Crippen molar-refractivity contribution in [3.63, 3.8) is 0 Å². The van der Waals surface area contributed by atoms with Crippen LogP contribution in [0.15, 0.2) is 64.5 Å². The number of para-hydroxylation sites is 1. The molecule has 0 aliphatic heterocycles. The monoisotopic (exact) mass is 416 g/mol. The van der Waals surface area contributed by atoms with Crippen molar-refractivity contribution < 1.29 is 9.53 Å². The molecule has 0 bridgehead atoms. The van der Waals surface area contributed by atoms with Gasteiger partial charge in [-0.05, 0) is 30.7 Å². The molecule has 0 aliphatic rings. The number of benzene rings is 2. The van der Waals surface area contributed by atoms with E-state index in [1.807, 2.05) is 66.9 Å². The summed E-state index contributed by atoms with van der Waals surface area (Å²) in [6, 6.07) is 17.2. The van der Waals surface area contributed by atoms with E-state index in [0.717, 1.165) is 15.7 Å². The molecule has 0 spiro atoms. The Labute approximate surface area is 159 Å². The molecule has 1 heterocycles. The van der Waals surface area contributed by atoms with Gasteiger partial charge in [-0.15, -0.1) is 11.3 Å². The van der Waals surface area contributed by atoms with Crippen LogP contribution in [0.4, 0.5) is 5.13 Å². The van der Waals surface area contributed by atoms with Crippen LogP contribution in [-0.2, 0) is 4.79 Å². The summed E-state index contributed by atoms with van der Waals surface area (Å²) >= 11 is 4.82. The van der Waals surface area contributed by atoms with Gasteiger partial charge in [-0.2, -0.15) is 0 Å². The van der Waals surface area contributed by atoms with Gasteiger partial charge >= 0.3 is 0 Å². The minimum absolute atomic E-state index is 0.192. The van der Waals surface area contributed by atoms with Gasteiger partial charge in [0, 0.05) is 15.4 Å². The molecule has 2 aromatic carbocycles. The number of rotatable bonds is 6. The molecule has 1 unspecified atom stereocenters. The highest BCUT2D eigenvalue weighted by molar-refractivity contribution is 9.10. The van der Waals surface area contributed by atoms with Crippen molar-refractivity contribution in [3.8, 4) is 17.0 Å². The number of nitrogens with one attached hydrogen (secondary N) is 1. The minimum atomic E-state index is -0.553. The Morgan fingerprint density at radius 2 is 1.92 bits per heavy atom. The normalized spacial score (nSPS) is 11.8. The van der Waals surface area contributed by atoms with Crippen LogP contribution in [0.2, 0.25) is 0 Å². The van der Waals surface area contributed by atoms with Gasteiger partial charge in [0.15, 0.2) is 11.2 Å². The lowest BCUT2D eigenvalue weighted by atomic mass is 10.2. The van der Waals surface area contributed by atoms with Crippen molar-refractivity contribution in [2.75, 3.05) is 5.32 Å². The first-order chi connectivity index (χ1) is 12.2. The molecule has 1 aromatic heterocycles. The van der Waals surface area contributed by atoms with E-state index in [0.29, 0.717) is 17.3 Å². The summed E-state index contributed by atoms with van der Waals surface area (Å²) in [5.41, 5.74) is 1.84. The summed E-state index contributed by atoms with van der Waals surface area (Å²) in [4.78, 5) is 17.0. The predicted octanol–water partition coefficient (Wildman–Crippen LogP) is 5.37. The summed E-state index contributed by atoms with van der Waals surface area (Å²) in [6.07, 6.45) is 0.0218. The number of amides is 1. The van der Waals surface area contributed by atoms with Crippen LogP contribution < -0.4 is 10.1 Å². The number of thiazole rings is 1. The van der Waals surface area contributed by atoms with Crippen LogP contribution in [0, 0.1) is 0 Å². The maximum absolute atomic E-state index is 12.5. The van der Waals surface area contributed by atoms with E-state index >= 15 is 0 Å².